The van der Waals surface area contributed by atoms with Crippen molar-refractivity contribution in [2.75, 3.05) is 18.4 Å². The lowest BCUT2D eigenvalue weighted by Crippen LogP contribution is -2.49. The van der Waals surface area contributed by atoms with Crippen molar-refractivity contribution < 1.29 is 8.78 Å². The van der Waals surface area contributed by atoms with Crippen LogP contribution in [0.2, 0.25) is 0 Å². The molecule has 1 aliphatic rings. The van der Waals surface area contributed by atoms with Gasteiger partial charge < -0.3 is 10.6 Å². The molecule has 0 spiro atoms. The van der Waals surface area contributed by atoms with E-state index in [1.807, 2.05) is 0 Å². The van der Waals surface area contributed by atoms with E-state index >= 15 is 0 Å². The molecule has 2 atom stereocenters. The molecule has 1 heterocycles. The van der Waals surface area contributed by atoms with Crippen molar-refractivity contribution in [2.45, 2.75) is 45.2 Å². The predicted octanol–water partition coefficient (Wildman–Crippen LogP) is 3.51. The van der Waals surface area contributed by atoms with Crippen LogP contribution in [0, 0.1) is 11.6 Å². The first kappa shape index (κ1) is 17.1. The number of rotatable bonds is 4. The standard InChI is InChI=1S/C16H23F2N3S/c1-11-5-3-4-8-21(11)12(2)10-19-16(22)20-15-7-6-13(17)9-14(15)18/h6-7,9,11-12H,3-5,8,10H2,1-2H3,(H2,19,20,22)/t11-,12-/m0/s1. The van der Waals surface area contributed by atoms with Crippen LogP contribution in [0.1, 0.15) is 33.1 Å². The van der Waals surface area contributed by atoms with Gasteiger partial charge in [0, 0.05) is 24.7 Å². The Hall–Kier alpha value is -1.27. The van der Waals surface area contributed by atoms with Crippen LogP contribution >= 0.6 is 12.2 Å². The highest BCUT2D eigenvalue weighted by atomic mass is 32.1. The molecule has 0 radical (unpaired) electrons. The number of benzene rings is 1. The van der Waals surface area contributed by atoms with E-state index in [1.54, 1.807) is 0 Å². The number of halogens is 2. The molecule has 1 aromatic carbocycles. The lowest BCUT2D eigenvalue weighted by molar-refractivity contribution is 0.116. The van der Waals surface area contributed by atoms with Gasteiger partial charge >= 0.3 is 0 Å². The molecule has 0 unspecified atom stereocenters. The zero-order valence-corrected chi connectivity index (χ0v) is 13.9. The van der Waals surface area contributed by atoms with Gasteiger partial charge in [0.2, 0.25) is 0 Å². The molecule has 0 amide bonds. The van der Waals surface area contributed by atoms with E-state index in [4.69, 9.17) is 12.2 Å². The van der Waals surface area contributed by atoms with Gasteiger partial charge in [-0.3, -0.25) is 4.90 Å². The lowest BCUT2D eigenvalue weighted by Gasteiger charge is -2.38. The summed E-state index contributed by atoms with van der Waals surface area (Å²) in [7, 11) is 0. The van der Waals surface area contributed by atoms with E-state index < -0.39 is 11.6 Å². The largest absolute Gasteiger partial charge is 0.361 e. The quantitative estimate of drug-likeness (QED) is 0.828. The van der Waals surface area contributed by atoms with E-state index in [0.717, 1.165) is 12.6 Å². The third-order valence-corrected chi connectivity index (χ3v) is 4.40. The molecule has 2 rings (SSSR count). The molecule has 1 aliphatic heterocycles. The van der Waals surface area contributed by atoms with Gasteiger partial charge in [-0.1, -0.05) is 6.42 Å². The van der Waals surface area contributed by atoms with Crippen LogP contribution < -0.4 is 10.6 Å². The van der Waals surface area contributed by atoms with Gasteiger partial charge in [0.25, 0.3) is 0 Å². The fourth-order valence-electron chi connectivity index (χ4n) is 2.89. The number of hydrogen-bond donors (Lipinski definition) is 2. The molecule has 3 nitrogen and oxygen atoms in total. The number of thiocarbonyl (C=S) groups is 1. The number of piperidine rings is 1. The first-order valence-corrected chi connectivity index (χ1v) is 8.14. The lowest BCUT2D eigenvalue weighted by atomic mass is 10.0. The number of anilines is 1. The van der Waals surface area contributed by atoms with Crippen LogP contribution in [0.15, 0.2) is 18.2 Å². The van der Waals surface area contributed by atoms with Crippen molar-refractivity contribution in [3.05, 3.63) is 29.8 Å². The molecule has 1 saturated heterocycles. The van der Waals surface area contributed by atoms with Crippen molar-refractivity contribution in [1.29, 1.82) is 0 Å². The van der Waals surface area contributed by atoms with Gasteiger partial charge in [-0.05, 0) is 57.6 Å². The van der Waals surface area contributed by atoms with Crippen LogP contribution in [-0.4, -0.2) is 35.2 Å². The summed E-state index contributed by atoms with van der Waals surface area (Å²) in [6.07, 6.45) is 3.76. The number of likely N-dealkylation sites (tertiary alicyclic amines) is 1. The van der Waals surface area contributed by atoms with E-state index in [1.165, 1.54) is 31.4 Å². The van der Waals surface area contributed by atoms with E-state index in [-0.39, 0.29) is 5.69 Å². The van der Waals surface area contributed by atoms with Gasteiger partial charge in [-0.25, -0.2) is 8.78 Å². The smallest absolute Gasteiger partial charge is 0.170 e. The molecule has 1 aromatic rings. The maximum Gasteiger partial charge on any atom is 0.170 e. The fraction of sp³-hybridized carbons (Fsp3) is 0.562. The third-order valence-electron chi connectivity index (χ3n) is 4.16. The summed E-state index contributed by atoms with van der Waals surface area (Å²) in [5.41, 5.74) is 0.179. The minimum absolute atomic E-state index is 0.179. The fourth-order valence-corrected chi connectivity index (χ4v) is 3.08. The van der Waals surface area contributed by atoms with Crippen molar-refractivity contribution in [1.82, 2.24) is 10.2 Å². The first-order valence-electron chi connectivity index (χ1n) is 7.73. The SMILES string of the molecule is C[C@H]1CCCCN1[C@@H](C)CNC(=S)Nc1ccc(F)cc1F. The highest BCUT2D eigenvalue weighted by Gasteiger charge is 2.22. The topological polar surface area (TPSA) is 27.3 Å². The van der Waals surface area contributed by atoms with Crippen LogP contribution in [-0.2, 0) is 0 Å². The van der Waals surface area contributed by atoms with Crippen LogP contribution in [0.25, 0.3) is 0 Å². The molecule has 22 heavy (non-hydrogen) atoms. The monoisotopic (exact) mass is 327 g/mol. The number of hydrogen-bond acceptors (Lipinski definition) is 2. The van der Waals surface area contributed by atoms with E-state index in [0.29, 0.717) is 23.7 Å². The Balaban J connectivity index is 1.82. The average molecular weight is 327 g/mol. The van der Waals surface area contributed by atoms with Gasteiger partial charge in [0.15, 0.2) is 5.11 Å². The molecule has 122 valence electrons. The zero-order chi connectivity index (χ0) is 16.1. The molecular weight excluding hydrogens is 304 g/mol. The second kappa shape index (κ2) is 7.83. The molecule has 0 saturated carbocycles. The van der Waals surface area contributed by atoms with Gasteiger partial charge in [0.05, 0.1) is 5.69 Å². The maximum atomic E-state index is 13.6. The minimum atomic E-state index is -0.651. The van der Waals surface area contributed by atoms with Gasteiger partial charge in [-0.2, -0.15) is 0 Å². The molecule has 0 aliphatic carbocycles. The molecule has 0 aromatic heterocycles. The Kier molecular flexibility index (Phi) is 6.08. The van der Waals surface area contributed by atoms with Gasteiger partial charge in [0.1, 0.15) is 11.6 Å². The molecule has 6 heteroatoms. The van der Waals surface area contributed by atoms with Crippen LogP contribution in [0.5, 0.6) is 0 Å². The van der Waals surface area contributed by atoms with Gasteiger partial charge in [-0.15, -0.1) is 0 Å². The highest BCUT2D eigenvalue weighted by Crippen LogP contribution is 2.19. The highest BCUT2D eigenvalue weighted by molar-refractivity contribution is 7.80. The Morgan fingerprint density at radius 2 is 2.18 bits per heavy atom. The number of nitrogens with one attached hydrogen (secondary N) is 2. The first-order chi connectivity index (χ1) is 10.5. The Morgan fingerprint density at radius 3 is 2.86 bits per heavy atom. The summed E-state index contributed by atoms with van der Waals surface area (Å²) in [5.74, 6) is -1.25. The van der Waals surface area contributed by atoms with Crippen molar-refractivity contribution >= 4 is 23.0 Å². The van der Waals surface area contributed by atoms with Crippen LogP contribution in [0.3, 0.4) is 0 Å². The zero-order valence-electron chi connectivity index (χ0n) is 13.0. The Morgan fingerprint density at radius 1 is 1.41 bits per heavy atom. The summed E-state index contributed by atoms with van der Waals surface area (Å²) < 4.78 is 26.4. The second-order valence-electron chi connectivity index (χ2n) is 5.89. The van der Waals surface area contributed by atoms with E-state index in [9.17, 15) is 8.78 Å². The third kappa shape index (κ3) is 4.61. The predicted molar refractivity (Wildman–Crippen MR) is 90.1 cm³/mol. The maximum absolute atomic E-state index is 13.6. The summed E-state index contributed by atoms with van der Waals surface area (Å²) >= 11 is 5.18. The second-order valence-corrected chi connectivity index (χ2v) is 6.30. The van der Waals surface area contributed by atoms with Crippen molar-refractivity contribution in [2.24, 2.45) is 0 Å². The molecule has 2 N–H and O–H groups in total. The molecule has 0 bridgehead atoms. The average Bonchev–Trinajstić information content (AvgIpc) is 2.48. The Bertz CT molecular complexity index is 524. The van der Waals surface area contributed by atoms with Crippen LogP contribution in [0.4, 0.5) is 14.5 Å². The molecular formula is C16H23F2N3S. The summed E-state index contributed by atoms with van der Waals surface area (Å²) in [6.45, 7) is 6.21. The molecule has 1 fully saturated rings. The van der Waals surface area contributed by atoms with Crippen molar-refractivity contribution in [3.8, 4) is 0 Å². The van der Waals surface area contributed by atoms with E-state index in [2.05, 4.69) is 29.4 Å². The summed E-state index contributed by atoms with van der Waals surface area (Å²) in [5, 5.41) is 6.22. The minimum Gasteiger partial charge on any atom is -0.361 e. The van der Waals surface area contributed by atoms with Crippen molar-refractivity contribution in [3.63, 3.8) is 0 Å². The Labute approximate surface area is 136 Å². The number of nitrogens with zero attached hydrogens (tertiary/aromatic N) is 1. The summed E-state index contributed by atoms with van der Waals surface area (Å²) in [6, 6.07) is 4.32. The summed E-state index contributed by atoms with van der Waals surface area (Å²) in [4.78, 5) is 2.47. The normalized spacial score (nSPS) is 20.5.